The molecule has 1 aromatic carbocycles. The van der Waals surface area contributed by atoms with E-state index in [0.717, 1.165) is 12.0 Å². The molecule has 0 heterocycles. The van der Waals surface area contributed by atoms with Crippen molar-refractivity contribution in [2.24, 2.45) is 5.92 Å². The summed E-state index contributed by atoms with van der Waals surface area (Å²) in [5, 5.41) is 9.91. The van der Waals surface area contributed by atoms with E-state index in [1.54, 1.807) is 20.8 Å². The van der Waals surface area contributed by atoms with Gasteiger partial charge in [0.2, 0.25) is 0 Å². The highest BCUT2D eigenvalue weighted by molar-refractivity contribution is 6.30. The molecule has 0 fully saturated rings. The Bertz CT molecular complexity index is 502. The lowest BCUT2D eigenvalue weighted by Crippen LogP contribution is -2.27. The van der Waals surface area contributed by atoms with Gasteiger partial charge >= 0.3 is 11.9 Å². The molecule has 1 rings (SSSR count). The number of esters is 1. The van der Waals surface area contributed by atoms with Gasteiger partial charge in [-0.3, -0.25) is 9.59 Å². The number of aliphatic carboxylic acids is 1. The number of carbonyl (C=O) groups excluding carboxylic acids is 1. The minimum absolute atomic E-state index is 0.0901. The molecule has 0 aliphatic carbocycles. The molecule has 0 bridgehead atoms. The molecule has 22 heavy (non-hydrogen) atoms. The van der Waals surface area contributed by atoms with Crippen LogP contribution in [-0.2, 0) is 20.7 Å². The second kappa shape index (κ2) is 8.18. The number of rotatable bonds is 7. The first-order valence-electron chi connectivity index (χ1n) is 7.36. The molecule has 1 N–H and O–H groups in total. The molecule has 5 heteroatoms. The van der Waals surface area contributed by atoms with Gasteiger partial charge in [-0.15, -0.1) is 0 Å². The Labute approximate surface area is 136 Å². The fraction of sp³-hybridized carbons (Fsp3) is 0.529. The Hall–Kier alpha value is -1.55. The third-order valence-electron chi connectivity index (χ3n) is 3.11. The molecule has 1 aromatic rings. The Kier molecular flexibility index (Phi) is 6.88. The van der Waals surface area contributed by atoms with Gasteiger partial charge in [-0.05, 0) is 57.7 Å². The van der Waals surface area contributed by atoms with Gasteiger partial charge in [0.05, 0.1) is 12.3 Å². The summed E-state index contributed by atoms with van der Waals surface area (Å²) in [7, 11) is 0. The average molecular weight is 327 g/mol. The van der Waals surface area contributed by atoms with Crippen LogP contribution in [0.2, 0.25) is 5.02 Å². The van der Waals surface area contributed by atoms with Crippen molar-refractivity contribution in [2.75, 3.05) is 0 Å². The fourth-order valence-corrected chi connectivity index (χ4v) is 2.23. The molecule has 4 nitrogen and oxygen atoms in total. The minimum Gasteiger partial charge on any atom is -0.481 e. The highest BCUT2D eigenvalue weighted by atomic mass is 35.5. The van der Waals surface area contributed by atoms with E-state index in [1.165, 1.54) is 0 Å². The van der Waals surface area contributed by atoms with E-state index in [2.05, 4.69) is 0 Å². The average Bonchev–Trinajstić information content (AvgIpc) is 2.37. The summed E-state index contributed by atoms with van der Waals surface area (Å²) in [6, 6.07) is 7.47. The van der Waals surface area contributed by atoms with Gasteiger partial charge in [-0.25, -0.2) is 0 Å². The van der Waals surface area contributed by atoms with Crippen molar-refractivity contribution in [3.8, 4) is 0 Å². The number of carbonyl (C=O) groups is 2. The van der Waals surface area contributed by atoms with Gasteiger partial charge in [-0.1, -0.05) is 23.7 Å². The van der Waals surface area contributed by atoms with Gasteiger partial charge < -0.3 is 9.84 Å². The predicted molar refractivity (Wildman–Crippen MR) is 86.0 cm³/mol. The number of hydrogen-bond acceptors (Lipinski definition) is 3. The molecule has 0 aliphatic heterocycles. The van der Waals surface area contributed by atoms with Crippen LogP contribution in [0.15, 0.2) is 24.3 Å². The number of carboxylic acids is 1. The third-order valence-corrected chi connectivity index (χ3v) is 3.37. The van der Waals surface area contributed by atoms with Crippen LogP contribution in [0.3, 0.4) is 0 Å². The lowest BCUT2D eigenvalue weighted by molar-refractivity contribution is -0.160. The summed E-state index contributed by atoms with van der Waals surface area (Å²) in [6.07, 6.45) is 1.81. The topological polar surface area (TPSA) is 63.6 Å². The Morgan fingerprint density at radius 3 is 2.32 bits per heavy atom. The summed E-state index contributed by atoms with van der Waals surface area (Å²) in [5.41, 5.74) is 0.509. The first kappa shape index (κ1) is 18.5. The number of aryl methyl sites for hydroxylation is 1. The highest BCUT2D eigenvalue weighted by Crippen LogP contribution is 2.18. The Morgan fingerprint density at radius 2 is 1.82 bits per heavy atom. The molecule has 0 aliphatic rings. The first-order chi connectivity index (χ1) is 10.2. The molecule has 1 unspecified atom stereocenters. The second-order valence-corrected chi connectivity index (χ2v) is 6.78. The molecular weight excluding hydrogens is 304 g/mol. The maximum Gasteiger partial charge on any atom is 0.307 e. The monoisotopic (exact) mass is 326 g/mol. The molecule has 0 saturated carbocycles. The van der Waals surface area contributed by atoms with E-state index in [-0.39, 0.29) is 6.42 Å². The Balaban J connectivity index is 2.46. The molecule has 0 aromatic heterocycles. The van der Waals surface area contributed by atoms with Crippen LogP contribution in [0.25, 0.3) is 0 Å². The molecule has 1 atom stereocenters. The lowest BCUT2D eigenvalue weighted by Gasteiger charge is -2.21. The number of hydrogen-bond donors (Lipinski definition) is 1. The summed E-state index contributed by atoms with van der Waals surface area (Å²) in [6.45, 7) is 5.30. The van der Waals surface area contributed by atoms with Crippen LogP contribution in [0.1, 0.15) is 45.6 Å². The SMILES string of the molecule is CC(C)(C)OC(=O)CC(CCCc1ccc(Cl)cc1)C(=O)O. The van der Waals surface area contributed by atoms with Crippen LogP contribution in [0.5, 0.6) is 0 Å². The number of halogens is 1. The largest absolute Gasteiger partial charge is 0.481 e. The summed E-state index contributed by atoms with van der Waals surface area (Å²) in [5.74, 6) is -2.13. The molecule has 122 valence electrons. The summed E-state index contributed by atoms with van der Waals surface area (Å²) < 4.78 is 5.18. The molecule has 0 spiro atoms. The minimum atomic E-state index is -0.957. The summed E-state index contributed by atoms with van der Waals surface area (Å²) in [4.78, 5) is 23.0. The maximum atomic E-state index is 11.7. The van der Waals surface area contributed by atoms with Crippen LogP contribution >= 0.6 is 11.6 Å². The maximum absolute atomic E-state index is 11.7. The first-order valence-corrected chi connectivity index (χ1v) is 7.74. The van der Waals surface area contributed by atoms with Crippen molar-refractivity contribution in [3.05, 3.63) is 34.9 Å². The van der Waals surface area contributed by atoms with Crippen LogP contribution in [-0.4, -0.2) is 22.6 Å². The molecule has 0 amide bonds. The van der Waals surface area contributed by atoms with Crippen molar-refractivity contribution in [1.29, 1.82) is 0 Å². The number of ether oxygens (including phenoxy) is 1. The molecule has 0 radical (unpaired) electrons. The van der Waals surface area contributed by atoms with E-state index in [0.29, 0.717) is 17.9 Å². The van der Waals surface area contributed by atoms with Crippen molar-refractivity contribution in [2.45, 2.75) is 52.1 Å². The normalized spacial score (nSPS) is 12.7. The third kappa shape index (κ3) is 7.46. The molecule has 0 saturated heterocycles. The zero-order valence-electron chi connectivity index (χ0n) is 13.3. The van der Waals surface area contributed by atoms with Crippen molar-refractivity contribution >= 4 is 23.5 Å². The zero-order chi connectivity index (χ0) is 16.8. The number of benzene rings is 1. The number of carboxylic acid groups (broad SMARTS) is 1. The van der Waals surface area contributed by atoms with E-state index in [9.17, 15) is 14.7 Å². The van der Waals surface area contributed by atoms with Gasteiger partial charge in [0.1, 0.15) is 5.60 Å². The van der Waals surface area contributed by atoms with E-state index < -0.39 is 23.5 Å². The van der Waals surface area contributed by atoms with E-state index in [4.69, 9.17) is 16.3 Å². The van der Waals surface area contributed by atoms with Crippen molar-refractivity contribution in [3.63, 3.8) is 0 Å². The quantitative estimate of drug-likeness (QED) is 0.766. The van der Waals surface area contributed by atoms with Gasteiger partial charge in [0.25, 0.3) is 0 Å². The van der Waals surface area contributed by atoms with Crippen LogP contribution < -0.4 is 0 Å². The molecular formula is C17H23ClO4. The van der Waals surface area contributed by atoms with Crippen molar-refractivity contribution < 1.29 is 19.4 Å². The van der Waals surface area contributed by atoms with E-state index in [1.807, 2.05) is 24.3 Å². The van der Waals surface area contributed by atoms with Crippen LogP contribution in [0, 0.1) is 5.92 Å². The van der Waals surface area contributed by atoms with E-state index >= 15 is 0 Å². The second-order valence-electron chi connectivity index (χ2n) is 6.34. The summed E-state index contributed by atoms with van der Waals surface area (Å²) >= 11 is 5.82. The smallest absolute Gasteiger partial charge is 0.307 e. The lowest BCUT2D eigenvalue weighted by atomic mass is 9.96. The van der Waals surface area contributed by atoms with Gasteiger partial charge in [0.15, 0.2) is 0 Å². The Morgan fingerprint density at radius 1 is 1.23 bits per heavy atom. The van der Waals surface area contributed by atoms with Gasteiger partial charge in [-0.2, -0.15) is 0 Å². The van der Waals surface area contributed by atoms with Crippen LogP contribution in [0.4, 0.5) is 0 Å². The predicted octanol–water partition coefficient (Wildman–Crippen LogP) is 4.10. The van der Waals surface area contributed by atoms with Gasteiger partial charge in [0, 0.05) is 5.02 Å². The van der Waals surface area contributed by atoms with Crippen molar-refractivity contribution in [1.82, 2.24) is 0 Å². The fourth-order valence-electron chi connectivity index (χ4n) is 2.10. The highest BCUT2D eigenvalue weighted by Gasteiger charge is 2.24. The zero-order valence-corrected chi connectivity index (χ0v) is 14.0. The standard InChI is InChI=1S/C17H23ClO4/c1-17(2,3)22-15(19)11-13(16(20)21)6-4-5-12-7-9-14(18)10-8-12/h7-10,13H,4-6,11H2,1-3H3,(H,20,21).